The summed E-state index contributed by atoms with van der Waals surface area (Å²) in [6.45, 7) is 4.35. The molecule has 1 aliphatic carbocycles. The molecule has 24 heavy (non-hydrogen) atoms. The van der Waals surface area contributed by atoms with Crippen molar-refractivity contribution in [2.75, 3.05) is 26.2 Å². The molecule has 1 fully saturated rings. The highest BCUT2D eigenvalue weighted by Gasteiger charge is 2.26. The maximum atomic E-state index is 12.9. The van der Waals surface area contributed by atoms with Crippen molar-refractivity contribution in [2.45, 2.75) is 32.2 Å². The first-order valence-electron chi connectivity index (χ1n) is 8.82. The van der Waals surface area contributed by atoms with Gasteiger partial charge in [0.05, 0.1) is 11.3 Å². The number of nitrogens with zero attached hydrogens (tertiary/aromatic N) is 3. The molecule has 0 N–H and O–H groups in total. The Morgan fingerprint density at radius 2 is 1.96 bits per heavy atom. The molecule has 0 saturated carbocycles. The number of piperazine rings is 1. The monoisotopic (exact) mass is 341 g/mol. The molecule has 2 aromatic rings. The van der Waals surface area contributed by atoms with Gasteiger partial charge in [-0.3, -0.25) is 14.7 Å². The van der Waals surface area contributed by atoms with Crippen LogP contribution in [0.1, 0.15) is 39.3 Å². The summed E-state index contributed by atoms with van der Waals surface area (Å²) in [5.41, 5.74) is 3.42. The number of hydrogen-bond donors (Lipinski definition) is 0. The smallest absolute Gasteiger partial charge is 0.255 e. The lowest BCUT2D eigenvalue weighted by atomic mass is 9.95. The molecule has 0 atom stereocenters. The van der Waals surface area contributed by atoms with Gasteiger partial charge in [0, 0.05) is 49.2 Å². The molecule has 0 bridgehead atoms. The van der Waals surface area contributed by atoms with Crippen LogP contribution in [0.3, 0.4) is 0 Å². The van der Waals surface area contributed by atoms with Gasteiger partial charge in [-0.1, -0.05) is 6.07 Å². The first kappa shape index (κ1) is 15.8. The van der Waals surface area contributed by atoms with E-state index in [1.165, 1.54) is 23.3 Å². The number of carbonyl (C=O) groups excluding carboxylic acids is 1. The van der Waals surface area contributed by atoms with Gasteiger partial charge < -0.3 is 4.90 Å². The summed E-state index contributed by atoms with van der Waals surface area (Å²) in [5.74, 6) is 0.242. The minimum atomic E-state index is 0.242. The number of fused-ring (bicyclic) bond motifs is 1. The largest absolute Gasteiger partial charge is 0.336 e. The summed E-state index contributed by atoms with van der Waals surface area (Å²) in [6, 6.07) is 6.04. The summed E-state index contributed by atoms with van der Waals surface area (Å²) < 4.78 is 0. The second-order valence-electron chi connectivity index (χ2n) is 6.65. The van der Waals surface area contributed by atoms with E-state index >= 15 is 0 Å². The highest BCUT2D eigenvalue weighted by Crippen LogP contribution is 2.31. The molecule has 0 unspecified atom stereocenters. The molecule has 2 aromatic heterocycles. The fourth-order valence-corrected chi connectivity index (χ4v) is 4.79. The van der Waals surface area contributed by atoms with Gasteiger partial charge in [-0.15, -0.1) is 11.3 Å². The Labute approximate surface area is 147 Å². The third-order valence-electron chi connectivity index (χ3n) is 5.06. The van der Waals surface area contributed by atoms with Crippen LogP contribution in [0.5, 0.6) is 0 Å². The van der Waals surface area contributed by atoms with E-state index in [2.05, 4.69) is 21.3 Å². The molecule has 3 heterocycles. The van der Waals surface area contributed by atoms with Gasteiger partial charge >= 0.3 is 0 Å². The molecule has 1 amide bonds. The molecule has 1 saturated heterocycles. The Bertz CT molecular complexity index is 705. The van der Waals surface area contributed by atoms with Crippen molar-refractivity contribution in [3.63, 3.8) is 0 Å². The van der Waals surface area contributed by atoms with Crippen molar-refractivity contribution >= 4 is 17.2 Å². The standard InChI is InChI=1S/C19H23N3OS/c23-19(17-14-24-18-7-2-1-6-16(17)18)22-11-9-21(10-12-22)13-15-5-3-4-8-20-15/h3-5,8,14H,1-2,6-7,9-13H2. The van der Waals surface area contributed by atoms with E-state index in [0.29, 0.717) is 0 Å². The van der Waals surface area contributed by atoms with Crippen LogP contribution in [0.15, 0.2) is 29.8 Å². The topological polar surface area (TPSA) is 36.4 Å². The van der Waals surface area contributed by atoms with E-state index in [9.17, 15) is 4.79 Å². The molecule has 4 nitrogen and oxygen atoms in total. The molecule has 126 valence electrons. The van der Waals surface area contributed by atoms with Gasteiger partial charge in [-0.2, -0.15) is 0 Å². The molecular formula is C19H23N3OS. The van der Waals surface area contributed by atoms with Crippen molar-refractivity contribution in [1.82, 2.24) is 14.8 Å². The summed E-state index contributed by atoms with van der Waals surface area (Å²) in [4.78, 5) is 23.2. The van der Waals surface area contributed by atoms with Gasteiger partial charge in [0.15, 0.2) is 0 Å². The lowest BCUT2D eigenvalue weighted by molar-refractivity contribution is 0.0626. The lowest BCUT2D eigenvalue weighted by Crippen LogP contribution is -2.48. The molecular weight excluding hydrogens is 318 g/mol. The molecule has 1 aliphatic heterocycles. The Morgan fingerprint density at radius 1 is 1.12 bits per heavy atom. The predicted octanol–water partition coefficient (Wildman–Crippen LogP) is 2.98. The van der Waals surface area contributed by atoms with Crippen LogP contribution in [-0.4, -0.2) is 46.9 Å². The quantitative estimate of drug-likeness (QED) is 0.861. The zero-order valence-corrected chi connectivity index (χ0v) is 14.7. The Kier molecular flexibility index (Phi) is 4.63. The van der Waals surface area contributed by atoms with Gasteiger partial charge in [-0.25, -0.2) is 0 Å². The van der Waals surface area contributed by atoms with E-state index in [1.54, 1.807) is 11.3 Å². The second-order valence-corrected chi connectivity index (χ2v) is 7.61. The summed E-state index contributed by atoms with van der Waals surface area (Å²) >= 11 is 1.78. The van der Waals surface area contributed by atoms with E-state index < -0.39 is 0 Å². The highest BCUT2D eigenvalue weighted by atomic mass is 32.1. The third-order valence-corrected chi connectivity index (χ3v) is 6.15. The average molecular weight is 341 g/mol. The highest BCUT2D eigenvalue weighted by molar-refractivity contribution is 7.10. The van der Waals surface area contributed by atoms with Crippen molar-refractivity contribution in [3.8, 4) is 0 Å². The molecule has 0 aromatic carbocycles. The van der Waals surface area contributed by atoms with Crippen molar-refractivity contribution in [3.05, 3.63) is 51.5 Å². The minimum Gasteiger partial charge on any atom is -0.336 e. The number of hydrogen-bond acceptors (Lipinski definition) is 4. The Morgan fingerprint density at radius 3 is 2.75 bits per heavy atom. The van der Waals surface area contributed by atoms with E-state index in [-0.39, 0.29) is 5.91 Å². The van der Waals surface area contributed by atoms with Crippen molar-refractivity contribution < 1.29 is 4.79 Å². The lowest BCUT2D eigenvalue weighted by Gasteiger charge is -2.34. The van der Waals surface area contributed by atoms with Crippen molar-refractivity contribution in [1.29, 1.82) is 0 Å². The van der Waals surface area contributed by atoms with Crippen LogP contribution >= 0.6 is 11.3 Å². The van der Waals surface area contributed by atoms with Gasteiger partial charge in [0.1, 0.15) is 0 Å². The first-order chi connectivity index (χ1) is 11.8. The number of carbonyl (C=O) groups is 1. The SMILES string of the molecule is O=C(c1csc2c1CCCC2)N1CCN(Cc2ccccn2)CC1. The number of amides is 1. The fourth-order valence-electron chi connectivity index (χ4n) is 3.67. The predicted molar refractivity (Wildman–Crippen MR) is 96.4 cm³/mol. The number of aromatic nitrogens is 1. The Hall–Kier alpha value is -1.72. The van der Waals surface area contributed by atoms with Crippen LogP contribution in [-0.2, 0) is 19.4 Å². The molecule has 0 spiro atoms. The van der Waals surface area contributed by atoms with Gasteiger partial charge in [0.2, 0.25) is 0 Å². The number of thiophene rings is 1. The summed E-state index contributed by atoms with van der Waals surface area (Å²) in [6.07, 6.45) is 6.58. The second kappa shape index (κ2) is 7.03. The van der Waals surface area contributed by atoms with Crippen LogP contribution in [0.25, 0.3) is 0 Å². The van der Waals surface area contributed by atoms with E-state index in [0.717, 1.165) is 56.8 Å². The van der Waals surface area contributed by atoms with Crippen LogP contribution in [0.2, 0.25) is 0 Å². The fraction of sp³-hybridized carbons (Fsp3) is 0.474. The van der Waals surface area contributed by atoms with Crippen LogP contribution in [0, 0.1) is 0 Å². The van der Waals surface area contributed by atoms with Crippen LogP contribution < -0.4 is 0 Å². The van der Waals surface area contributed by atoms with E-state index in [4.69, 9.17) is 0 Å². The minimum absolute atomic E-state index is 0.242. The summed E-state index contributed by atoms with van der Waals surface area (Å²) in [5, 5.41) is 2.10. The maximum absolute atomic E-state index is 12.9. The molecule has 5 heteroatoms. The first-order valence-corrected chi connectivity index (χ1v) is 9.70. The summed E-state index contributed by atoms with van der Waals surface area (Å²) in [7, 11) is 0. The Balaban J connectivity index is 1.37. The number of aryl methyl sites for hydroxylation is 1. The molecule has 2 aliphatic rings. The van der Waals surface area contributed by atoms with Crippen molar-refractivity contribution in [2.24, 2.45) is 0 Å². The number of rotatable bonds is 3. The van der Waals surface area contributed by atoms with Gasteiger partial charge in [0.25, 0.3) is 5.91 Å². The third kappa shape index (κ3) is 3.23. The average Bonchev–Trinajstić information content (AvgIpc) is 3.07. The zero-order valence-electron chi connectivity index (χ0n) is 13.9. The maximum Gasteiger partial charge on any atom is 0.255 e. The van der Waals surface area contributed by atoms with Crippen LogP contribution in [0.4, 0.5) is 0 Å². The normalized spacial score (nSPS) is 18.4. The molecule has 0 radical (unpaired) electrons. The number of pyridine rings is 1. The van der Waals surface area contributed by atoms with Gasteiger partial charge in [-0.05, 0) is 43.4 Å². The van der Waals surface area contributed by atoms with E-state index in [1.807, 2.05) is 23.2 Å². The molecule has 4 rings (SSSR count). The zero-order chi connectivity index (χ0) is 16.4.